The van der Waals surface area contributed by atoms with Gasteiger partial charge in [0.05, 0.1) is 11.0 Å². The highest BCUT2D eigenvalue weighted by atomic mass is 16.3. The molecule has 0 N–H and O–H groups in total. The SMILES string of the molecule is CC(C)(C)c1ccc(N2B3c4cc5oc6ccccc6c5cc4-n4c5ccc6ccccc6c5c5c(-c6ccccc6)cc(c3c54)-c3ccccc32)cc1. The summed E-state index contributed by atoms with van der Waals surface area (Å²) >= 11 is 0. The zero-order chi connectivity index (χ0) is 35.9. The zero-order valence-corrected chi connectivity index (χ0v) is 30.4. The molecule has 3 nitrogen and oxygen atoms in total. The minimum absolute atomic E-state index is 0.0545. The van der Waals surface area contributed by atoms with Gasteiger partial charge in [-0.05, 0) is 97.9 Å². The van der Waals surface area contributed by atoms with E-state index in [1.807, 2.05) is 0 Å². The number of fused-ring (bicyclic) bond motifs is 13. The maximum absolute atomic E-state index is 6.66. The summed E-state index contributed by atoms with van der Waals surface area (Å²) in [6, 6.07) is 58.5. The molecule has 0 spiro atoms. The Morgan fingerprint density at radius 2 is 1.28 bits per heavy atom. The number of nitrogens with zero attached hydrogens (tertiary/aromatic N) is 2. The lowest BCUT2D eigenvalue weighted by Crippen LogP contribution is -2.60. The summed E-state index contributed by atoms with van der Waals surface area (Å²) in [5.41, 5.74) is 16.9. The normalized spacial score (nSPS) is 13.4. The van der Waals surface area contributed by atoms with E-state index in [4.69, 9.17) is 4.42 Å². The van der Waals surface area contributed by atoms with Crippen LogP contribution in [0.2, 0.25) is 0 Å². The molecule has 4 heteroatoms. The highest BCUT2D eigenvalue weighted by Crippen LogP contribution is 2.49. The molecule has 8 aromatic carbocycles. The predicted molar refractivity (Wildman–Crippen MR) is 229 cm³/mol. The molecule has 10 aromatic rings. The predicted octanol–water partition coefficient (Wildman–Crippen LogP) is 12.0. The van der Waals surface area contributed by atoms with E-state index in [1.165, 1.54) is 88.4 Å². The fraction of sp³-hybridized carbons (Fsp3) is 0.0800. The van der Waals surface area contributed by atoms with Crippen molar-refractivity contribution in [1.82, 2.24) is 4.57 Å². The molecule has 2 aliphatic rings. The van der Waals surface area contributed by atoms with E-state index >= 15 is 0 Å². The minimum Gasteiger partial charge on any atom is -0.456 e. The van der Waals surface area contributed by atoms with Gasteiger partial charge in [-0.3, -0.25) is 0 Å². The molecule has 254 valence electrons. The molecule has 54 heavy (non-hydrogen) atoms. The van der Waals surface area contributed by atoms with E-state index in [0.29, 0.717) is 0 Å². The van der Waals surface area contributed by atoms with Crippen LogP contribution in [-0.4, -0.2) is 11.4 Å². The largest absolute Gasteiger partial charge is 0.456 e. The lowest BCUT2D eigenvalue weighted by atomic mass is 9.43. The van der Waals surface area contributed by atoms with Crippen LogP contribution in [0.25, 0.3) is 82.5 Å². The summed E-state index contributed by atoms with van der Waals surface area (Å²) in [7, 11) is 0. The highest BCUT2D eigenvalue weighted by molar-refractivity contribution is 6.94. The summed E-state index contributed by atoms with van der Waals surface area (Å²) in [6.45, 7) is 6.76. The first-order valence-corrected chi connectivity index (χ1v) is 19.0. The molecule has 0 amide bonds. The van der Waals surface area contributed by atoms with Crippen LogP contribution in [0.4, 0.5) is 11.4 Å². The first-order chi connectivity index (χ1) is 26.4. The van der Waals surface area contributed by atoms with E-state index in [2.05, 4.69) is 188 Å². The van der Waals surface area contributed by atoms with Crippen molar-refractivity contribution >= 4 is 83.7 Å². The van der Waals surface area contributed by atoms with E-state index in [0.717, 1.165) is 21.9 Å². The molecule has 12 rings (SSSR count). The third-order valence-electron chi connectivity index (χ3n) is 12.1. The Morgan fingerprint density at radius 1 is 0.537 bits per heavy atom. The van der Waals surface area contributed by atoms with Crippen molar-refractivity contribution in [2.75, 3.05) is 4.81 Å². The van der Waals surface area contributed by atoms with E-state index in [9.17, 15) is 0 Å². The van der Waals surface area contributed by atoms with Gasteiger partial charge in [0.2, 0.25) is 0 Å². The monoisotopic (exact) mass is 690 g/mol. The summed E-state index contributed by atoms with van der Waals surface area (Å²) in [5, 5.41) is 7.41. The third-order valence-corrected chi connectivity index (χ3v) is 12.1. The maximum Gasteiger partial charge on any atom is 0.333 e. The molecule has 0 bridgehead atoms. The number of anilines is 2. The first kappa shape index (κ1) is 30.0. The van der Waals surface area contributed by atoms with Crippen LogP contribution in [0.5, 0.6) is 0 Å². The molecule has 0 fully saturated rings. The Hall–Kier alpha value is -6.52. The number of furan rings is 1. The first-order valence-electron chi connectivity index (χ1n) is 19.0. The molecule has 2 aliphatic heterocycles. The average molecular weight is 691 g/mol. The Kier molecular flexibility index (Phi) is 5.86. The topological polar surface area (TPSA) is 21.3 Å². The summed E-state index contributed by atoms with van der Waals surface area (Å²) in [4.78, 5) is 2.60. The summed E-state index contributed by atoms with van der Waals surface area (Å²) in [5.74, 6) is 0. The minimum atomic E-state index is -0.0987. The van der Waals surface area contributed by atoms with Gasteiger partial charge in [0.15, 0.2) is 0 Å². The second kappa shape index (κ2) is 10.5. The van der Waals surface area contributed by atoms with Gasteiger partial charge < -0.3 is 13.8 Å². The molecule has 0 unspecified atom stereocenters. The number of para-hydroxylation sites is 2. The second-order valence-corrected chi connectivity index (χ2v) is 16.1. The average Bonchev–Trinajstić information content (AvgIpc) is 3.75. The van der Waals surface area contributed by atoms with Gasteiger partial charge in [-0.25, -0.2) is 0 Å². The van der Waals surface area contributed by atoms with Crippen LogP contribution in [0.15, 0.2) is 162 Å². The quantitative estimate of drug-likeness (QED) is 0.168. The third kappa shape index (κ3) is 3.92. The zero-order valence-electron chi connectivity index (χ0n) is 30.4. The van der Waals surface area contributed by atoms with Gasteiger partial charge in [0.1, 0.15) is 11.2 Å². The van der Waals surface area contributed by atoms with Crippen LogP contribution in [0, 0.1) is 0 Å². The fourth-order valence-electron chi connectivity index (χ4n) is 9.67. The summed E-state index contributed by atoms with van der Waals surface area (Å²) < 4.78 is 9.25. The van der Waals surface area contributed by atoms with Crippen molar-refractivity contribution in [3.05, 3.63) is 163 Å². The lowest BCUT2D eigenvalue weighted by Gasteiger charge is -2.42. The Bertz CT molecular complexity index is 3200. The van der Waals surface area contributed by atoms with Crippen LogP contribution >= 0.6 is 0 Å². The number of rotatable bonds is 2. The maximum atomic E-state index is 6.66. The summed E-state index contributed by atoms with van der Waals surface area (Å²) in [6.07, 6.45) is 0. The molecular formula is C50H35BN2O. The van der Waals surface area contributed by atoms with Gasteiger partial charge in [-0.2, -0.15) is 0 Å². The van der Waals surface area contributed by atoms with Crippen molar-refractivity contribution in [3.63, 3.8) is 0 Å². The van der Waals surface area contributed by atoms with Gasteiger partial charge in [-0.15, -0.1) is 0 Å². The van der Waals surface area contributed by atoms with Crippen LogP contribution in [-0.2, 0) is 5.41 Å². The number of aromatic nitrogens is 1. The Balaban J connectivity index is 1.31. The number of hydrogen-bond acceptors (Lipinski definition) is 2. The Labute approximate surface area is 313 Å². The standard InChI is InChI=1S/C50H35BN2O/c1-50(2,3)32-22-24-33(25-23-32)53-41-19-11-9-17-35(41)39-27-37(30-13-5-4-6-14-30)47-46-34-16-8-7-15-31(34)21-26-42(46)52-43-28-38-36-18-10-12-20-44(36)54-45(38)29-40(43)51(53)48(39)49(47)52/h4-29H,1-3H3. The van der Waals surface area contributed by atoms with Crippen molar-refractivity contribution in [3.8, 4) is 27.9 Å². The second-order valence-electron chi connectivity index (χ2n) is 16.1. The van der Waals surface area contributed by atoms with Crippen LogP contribution in [0.1, 0.15) is 26.3 Å². The van der Waals surface area contributed by atoms with Gasteiger partial charge in [0.25, 0.3) is 0 Å². The van der Waals surface area contributed by atoms with Crippen LogP contribution in [0.3, 0.4) is 0 Å². The molecule has 2 aromatic heterocycles. The Morgan fingerprint density at radius 3 is 2.11 bits per heavy atom. The van der Waals surface area contributed by atoms with Crippen molar-refractivity contribution in [2.45, 2.75) is 26.2 Å². The number of hydrogen-bond donors (Lipinski definition) is 0. The van der Waals surface area contributed by atoms with Crippen molar-refractivity contribution < 1.29 is 4.42 Å². The van der Waals surface area contributed by atoms with Crippen molar-refractivity contribution in [2.24, 2.45) is 0 Å². The molecular weight excluding hydrogens is 655 g/mol. The van der Waals surface area contributed by atoms with Crippen molar-refractivity contribution in [1.29, 1.82) is 0 Å². The van der Waals surface area contributed by atoms with E-state index in [1.54, 1.807) is 0 Å². The molecule has 0 radical (unpaired) electrons. The van der Waals surface area contributed by atoms with Gasteiger partial charge >= 0.3 is 6.85 Å². The van der Waals surface area contributed by atoms with Gasteiger partial charge in [0, 0.05) is 44.2 Å². The molecule has 0 saturated heterocycles. The van der Waals surface area contributed by atoms with E-state index < -0.39 is 0 Å². The highest BCUT2D eigenvalue weighted by Gasteiger charge is 2.45. The lowest BCUT2D eigenvalue weighted by molar-refractivity contribution is 0.590. The fourth-order valence-corrected chi connectivity index (χ4v) is 9.67. The van der Waals surface area contributed by atoms with E-state index in [-0.39, 0.29) is 12.3 Å². The molecule has 4 heterocycles. The van der Waals surface area contributed by atoms with Gasteiger partial charge in [-0.1, -0.05) is 130 Å². The molecule has 0 atom stereocenters. The smallest absolute Gasteiger partial charge is 0.333 e. The van der Waals surface area contributed by atoms with Crippen LogP contribution < -0.4 is 15.7 Å². The number of benzene rings is 8. The molecule has 0 saturated carbocycles. The molecule has 0 aliphatic carbocycles.